The standard InChI is InChI=1S/C17H21F3N2O3S/c18-17(19,20)26(24,25)15-7-5-13(6-8-15)21-14-9-10-22(11-14)16(23)12-3-1-2-4-12/h5-8,12,14,21H,1-4,9-11H2. The largest absolute Gasteiger partial charge is 0.501 e. The summed E-state index contributed by atoms with van der Waals surface area (Å²) in [7, 11) is -5.33. The highest BCUT2D eigenvalue weighted by Crippen LogP contribution is 2.31. The minimum Gasteiger partial charge on any atom is -0.380 e. The van der Waals surface area contributed by atoms with Crippen LogP contribution in [0.25, 0.3) is 0 Å². The number of carbonyl (C=O) groups excluding carboxylic acids is 1. The minimum absolute atomic E-state index is 0.00502. The Kier molecular flexibility index (Phi) is 5.18. The van der Waals surface area contributed by atoms with Crippen LogP contribution in [0.4, 0.5) is 18.9 Å². The van der Waals surface area contributed by atoms with Crippen LogP contribution in [0.3, 0.4) is 0 Å². The first-order chi connectivity index (χ1) is 12.2. The van der Waals surface area contributed by atoms with Gasteiger partial charge in [0.1, 0.15) is 0 Å². The molecule has 1 unspecified atom stereocenters. The second-order valence-electron chi connectivity index (χ2n) is 6.87. The van der Waals surface area contributed by atoms with Crippen molar-refractivity contribution in [2.45, 2.75) is 48.5 Å². The predicted octanol–water partition coefficient (Wildman–Crippen LogP) is 3.18. The molecule has 1 aliphatic heterocycles. The van der Waals surface area contributed by atoms with E-state index in [1.165, 1.54) is 12.1 Å². The van der Waals surface area contributed by atoms with Crippen molar-refractivity contribution >= 4 is 21.4 Å². The van der Waals surface area contributed by atoms with Gasteiger partial charge in [-0.15, -0.1) is 0 Å². The number of hydrogen-bond acceptors (Lipinski definition) is 4. The molecule has 0 aromatic heterocycles. The van der Waals surface area contributed by atoms with Gasteiger partial charge in [0.2, 0.25) is 5.91 Å². The number of carbonyl (C=O) groups is 1. The predicted molar refractivity (Wildman–Crippen MR) is 90.2 cm³/mol. The van der Waals surface area contributed by atoms with E-state index >= 15 is 0 Å². The second-order valence-corrected chi connectivity index (χ2v) is 8.81. The van der Waals surface area contributed by atoms with Crippen molar-refractivity contribution in [3.8, 4) is 0 Å². The van der Waals surface area contributed by atoms with Gasteiger partial charge < -0.3 is 10.2 Å². The summed E-state index contributed by atoms with van der Waals surface area (Å²) in [6.45, 7) is 1.21. The fraction of sp³-hybridized carbons (Fsp3) is 0.588. The summed E-state index contributed by atoms with van der Waals surface area (Å²) < 4.78 is 60.4. The van der Waals surface area contributed by atoms with Crippen LogP contribution in [0.1, 0.15) is 32.1 Å². The molecule has 3 rings (SSSR count). The van der Waals surface area contributed by atoms with E-state index in [0.29, 0.717) is 18.8 Å². The summed E-state index contributed by atoms with van der Waals surface area (Å²) in [5.41, 5.74) is -4.78. The van der Waals surface area contributed by atoms with Crippen LogP contribution in [-0.2, 0) is 14.6 Å². The van der Waals surface area contributed by atoms with Gasteiger partial charge in [-0.1, -0.05) is 12.8 Å². The van der Waals surface area contributed by atoms with Gasteiger partial charge >= 0.3 is 5.51 Å². The van der Waals surface area contributed by atoms with Crippen LogP contribution in [0, 0.1) is 5.92 Å². The summed E-state index contributed by atoms with van der Waals surface area (Å²) in [4.78, 5) is 13.5. The van der Waals surface area contributed by atoms with E-state index < -0.39 is 20.2 Å². The van der Waals surface area contributed by atoms with Crippen LogP contribution >= 0.6 is 0 Å². The van der Waals surface area contributed by atoms with Gasteiger partial charge in [0.05, 0.1) is 4.90 Å². The molecule has 144 valence electrons. The third-order valence-electron chi connectivity index (χ3n) is 5.04. The van der Waals surface area contributed by atoms with Gasteiger partial charge in [-0.05, 0) is 43.5 Å². The Hall–Kier alpha value is -1.77. The number of rotatable bonds is 4. The molecule has 2 aliphatic rings. The van der Waals surface area contributed by atoms with Gasteiger partial charge in [0.25, 0.3) is 9.84 Å². The van der Waals surface area contributed by atoms with Crippen molar-refractivity contribution in [3.05, 3.63) is 24.3 Å². The SMILES string of the molecule is O=C(C1CCCC1)N1CCC(Nc2ccc(S(=O)(=O)C(F)(F)F)cc2)C1. The van der Waals surface area contributed by atoms with E-state index in [-0.39, 0.29) is 17.9 Å². The average molecular weight is 390 g/mol. The first-order valence-electron chi connectivity index (χ1n) is 8.65. The number of likely N-dealkylation sites (tertiary alicyclic amines) is 1. The molecule has 5 nitrogen and oxygen atoms in total. The zero-order valence-electron chi connectivity index (χ0n) is 14.1. The lowest BCUT2D eigenvalue weighted by molar-refractivity contribution is -0.134. The zero-order chi connectivity index (χ0) is 18.9. The van der Waals surface area contributed by atoms with E-state index in [4.69, 9.17) is 0 Å². The molecular weight excluding hydrogens is 369 g/mol. The number of anilines is 1. The van der Waals surface area contributed by atoms with Gasteiger partial charge in [-0.2, -0.15) is 13.2 Å². The number of nitrogens with zero attached hydrogens (tertiary/aromatic N) is 1. The highest BCUT2D eigenvalue weighted by atomic mass is 32.2. The highest BCUT2D eigenvalue weighted by molar-refractivity contribution is 7.92. The lowest BCUT2D eigenvalue weighted by atomic mass is 10.1. The smallest absolute Gasteiger partial charge is 0.380 e. The number of amides is 1. The molecule has 1 amide bonds. The molecule has 1 saturated heterocycles. The summed E-state index contributed by atoms with van der Waals surface area (Å²) >= 11 is 0. The lowest BCUT2D eigenvalue weighted by Crippen LogP contribution is -2.35. The lowest BCUT2D eigenvalue weighted by Gasteiger charge is -2.21. The number of alkyl halides is 3. The highest BCUT2D eigenvalue weighted by Gasteiger charge is 2.46. The van der Waals surface area contributed by atoms with Crippen LogP contribution in [0.2, 0.25) is 0 Å². The summed E-state index contributed by atoms with van der Waals surface area (Å²) in [5, 5.41) is 3.16. The van der Waals surface area contributed by atoms with E-state index in [0.717, 1.165) is 44.2 Å². The zero-order valence-corrected chi connectivity index (χ0v) is 14.9. The van der Waals surface area contributed by atoms with Crippen molar-refractivity contribution in [2.75, 3.05) is 18.4 Å². The molecule has 1 atom stereocenters. The van der Waals surface area contributed by atoms with Crippen LogP contribution in [0.15, 0.2) is 29.2 Å². The van der Waals surface area contributed by atoms with Crippen LogP contribution in [-0.4, -0.2) is 43.9 Å². The molecule has 1 N–H and O–H groups in total. The third kappa shape index (κ3) is 3.82. The molecule has 1 aromatic rings. The molecule has 2 fully saturated rings. The summed E-state index contributed by atoms with van der Waals surface area (Å²) in [6.07, 6.45) is 4.84. The summed E-state index contributed by atoms with van der Waals surface area (Å²) in [6, 6.07) is 4.54. The molecule has 1 aliphatic carbocycles. The Bertz CT molecular complexity index is 756. The Morgan fingerprint density at radius 3 is 2.27 bits per heavy atom. The molecule has 0 bridgehead atoms. The van der Waals surface area contributed by atoms with Gasteiger partial charge in [0, 0.05) is 30.7 Å². The maximum atomic E-state index is 12.6. The van der Waals surface area contributed by atoms with Crippen molar-refractivity contribution in [1.82, 2.24) is 4.90 Å². The molecule has 1 aromatic carbocycles. The number of halogens is 3. The molecule has 1 heterocycles. The Morgan fingerprint density at radius 1 is 1.08 bits per heavy atom. The maximum Gasteiger partial charge on any atom is 0.501 e. The van der Waals surface area contributed by atoms with Gasteiger partial charge in [0.15, 0.2) is 0 Å². The first-order valence-corrected chi connectivity index (χ1v) is 10.1. The van der Waals surface area contributed by atoms with E-state index in [9.17, 15) is 26.4 Å². The molecule has 0 spiro atoms. The minimum atomic E-state index is -5.33. The summed E-state index contributed by atoms with van der Waals surface area (Å²) in [5.74, 6) is 0.319. The molecule has 1 saturated carbocycles. The third-order valence-corrected chi connectivity index (χ3v) is 6.55. The Balaban J connectivity index is 1.59. The topological polar surface area (TPSA) is 66.5 Å². The fourth-order valence-corrected chi connectivity index (χ4v) is 4.37. The van der Waals surface area contributed by atoms with Crippen molar-refractivity contribution < 1.29 is 26.4 Å². The molecule has 26 heavy (non-hydrogen) atoms. The molecule has 0 radical (unpaired) electrons. The molecule has 9 heteroatoms. The normalized spacial score (nSPS) is 22.0. The number of sulfone groups is 1. The van der Waals surface area contributed by atoms with E-state index in [1.807, 2.05) is 4.90 Å². The van der Waals surface area contributed by atoms with Crippen molar-refractivity contribution in [3.63, 3.8) is 0 Å². The van der Waals surface area contributed by atoms with E-state index in [2.05, 4.69) is 5.32 Å². The van der Waals surface area contributed by atoms with Crippen molar-refractivity contribution in [1.29, 1.82) is 0 Å². The first kappa shape index (κ1) is 19.0. The van der Waals surface area contributed by atoms with E-state index in [1.54, 1.807) is 0 Å². The fourth-order valence-electron chi connectivity index (χ4n) is 3.61. The number of benzene rings is 1. The number of hydrogen-bond donors (Lipinski definition) is 1. The average Bonchev–Trinajstić information content (AvgIpc) is 3.25. The number of nitrogens with one attached hydrogen (secondary N) is 1. The van der Waals surface area contributed by atoms with Gasteiger partial charge in [-0.25, -0.2) is 8.42 Å². The van der Waals surface area contributed by atoms with Crippen molar-refractivity contribution in [2.24, 2.45) is 5.92 Å². The Morgan fingerprint density at radius 2 is 1.69 bits per heavy atom. The van der Waals surface area contributed by atoms with Crippen LogP contribution < -0.4 is 5.32 Å². The second kappa shape index (κ2) is 7.09. The molecular formula is C17H21F3N2O3S. The van der Waals surface area contributed by atoms with Gasteiger partial charge in [-0.3, -0.25) is 4.79 Å². The maximum absolute atomic E-state index is 12.6. The van der Waals surface area contributed by atoms with Crippen LogP contribution in [0.5, 0.6) is 0 Å². The quantitative estimate of drug-likeness (QED) is 0.858. The Labute approximate surface area is 150 Å². The monoisotopic (exact) mass is 390 g/mol.